The summed E-state index contributed by atoms with van der Waals surface area (Å²) in [5, 5.41) is 21.7. The number of thiazole rings is 1. The number of hydrogen-bond acceptors (Lipinski definition) is 8. The Balaban J connectivity index is 1.27. The molecular weight excluding hydrogens is 670 g/mol. The van der Waals surface area contributed by atoms with Crippen molar-refractivity contribution in [3.63, 3.8) is 0 Å². The van der Waals surface area contributed by atoms with Crippen molar-refractivity contribution < 1.29 is 19.3 Å². The second kappa shape index (κ2) is 16.0. The van der Waals surface area contributed by atoms with Crippen LogP contribution in [0.1, 0.15) is 29.3 Å². The Kier molecular flexibility index (Phi) is 11.4. The first-order valence-electron chi connectivity index (χ1n) is 14.6. The highest BCUT2D eigenvalue weighted by Gasteiger charge is 2.21. The van der Waals surface area contributed by atoms with Crippen LogP contribution in [0.15, 0.2) is 119 Å². The molecule has 5 rings (SSSR count). The topological polar surface area (TPSA) is 143 Å². The van der Waals surface area contributed by atoms with Crippen molar-refractivity contribution >= 4 is 75.0 Å². The van der Waals surface area contributed by atoms with E-state index in [2.05, 4.69) is 20.9 Å². The lowest BCUT2D eigenvalue weighted by Crippen LogP contribution is -2.30. The Morgan fingerprint density at radius 2 is 1.71 bits per heavy atom. The number of rotatable bonds is 12. The predicted octanol–water partition coefficient (Wildman–Crippen LogP) is 8.29. The average molecular weight is 698 g/mol. The maximum atomic E-state index is 13.5. The lowest BCUT2D eigenvalue weighted by molar-refractivity contribution is -0.384. The fourth-order valence-electron chi connectivity index (χ4n) is 4.43. The fourth-order valence-corrected chi connectivity index (χ4v) is 6.29. The third-order valence-electron chi connectivity index (χ3n) is 6.83. The smallest absolute Gasteiger partial charge is 0.272 e. The predicted molar refractivity (Wildman–Crippen MR) is 191 cm³/mol. The number of nitro benzene ring substituents is 1. The largest absolute Gasteiger partial charge is 0.321 e. The molecule has 1 aromatic heterocycles. The van der Waals surface area contributed by atoms with Gasteiger partial charge in [0.2, 0.25) is 5.91 Å². The molecule has 0 spiro atoms. The van der Waals surface area contributed by atoms with Gasteiger partial charge in [-0.25, -0.2) is 4.98 Å². The molecule has 1 unspecified atom stereocenters. The molecule has 0 saturated carbocycles. The molecule has 0 aliphatic heterocycles. The van der Waals surface area contributed by atoms with Crippen molar-refractivity contribution in [2.45, 2.75) is 23.5 Å². The Bertz CT molecular complexity index is 1980. The molecule has 1 atom stereocenters. The lowest BCUT2D eigenvalue weighted by atomic mass is 10.1. The number of nitrogens with one attached hydrogen (secondary N) is 3. The van der Waals surface area contributed by atoms with Crippen molar-refractivity contribution in [1.82, 2.24) is 10.3 Å². The van der Waals surface area contributed by atoms with E-state index in [1.807, 2.05) is 13.0 Å². The standard InChI is InChI=1S/C35H28ClN5O5S2/c1-2-31(34(44)40-35-39-30(21-47-35)24-10-6-12-27(19-24)41(45)46)48-28-13-7-11-26(20-28)37-33(43)29(18-22-14-16-25(36)17-15-22)38-32(42)23-8-4-3-5-9-23/h3-21,31H,2H2,1H3,(H,37,43)(H,38,42)(H,39,40,44)/b29-18-. The number of nitrogens with zero attached hydrogens (tertiary/aromatic N) is 2. The highest BCUT2D eigenvalue weighted by molar-refractivity contribution is 8.00. The zero-order valence-corrected chi connectivity index (χ0v) is 27.8. The molecule has 0 bridgehead atoms. The second-order valence-electron chi connectivity index (χ2n) is 10.3. The molecule has 0 fully saturated rings. The van der Waals surface area contributed by atoms with Crippen LogP contribution in [0, 0.1) is 10.1 Å². The van der Waals surface area contributed by atoms with E-state index in [1.165, 1.54) is 35.2 Å². The van der Waals surface area contributed by atoms with Crippen molar-refractivity contribution in [3.8, 4) is 11.3 Å². The number of non-ortho nitro benzene ring substituents is 1. The molecule has 48 heavy (non-hydrogen) atoms. The van der Waals surface area contributed by atoms with Crippen LogP contribution < -0.4 is 16.0 Å². The molecular formula is C35H28ClN5O5S2. The van der Waals surface area contributed by atoms with Gasteiger partial charge in [0.05, 0.1) is 15.9 Å². The number of benzene rings is 4. The number of anilines is 2. The lowest BCUT2D eigenvalue weighted by Gasteiger charge is -2.15. The van der Waals surface area contributed by atoms with Crippen molar-refractivity contribution in [2.24, 2.45) is 0 Å². The minimum absolute atomic E-state index is 0.0305. The molecule has 4 aromatic carbocycles. The number of hydrogen-bond donors (Lipinski definition) is 3. The van der Waals surface area contributed by atoms with Gasteiger partial charge in [-0.2, -0.15) is 0 Å². The minimum atomic E-state index is -0.538. The van der Waals surface area contributed by atoms with Gasteiger partial charge in [0, 0.05) is 44.2 Å². The molecule has 1 heterocycles. The van der Waals surface area contributed by atoms with Gasteiger partial charge in [-0.15, -0.1) is 23.1 Å². The maximum Gasteiger partial charge on any atom is 0.272 e. The van der Waals surface area contributed by atoms with E-state index in [9.17, 15) is 24.5 Å². The van der Waals surface area contributed by atoms with Crippen LogP contribution >= 0.6 is 34.7 Å². The monoisotopic (exact) mass is 697 g/mol. The summed E-state index contributed by atoms with van der Waals surface area (Å²) in [7, 11) is 0. The second-order valence-corrected chi connectivity index (χ2v) is 12.8. The zero-order valence-electron chi connectivity index (χ0n) is 25.4. The zero-order chi connectivity index (χ0) is 34.0. The van der Waals surface area contributed by atoms with Crippen LogP contribution in [0.25, 0.3) is 17.3 Å². The van der Waals surface area contributed by atoms with Crippen LogP contribution in [0.2, 0.25) is 5.02 Å². The summed E-state index contributed by atoms with van der Waals surface area (Å²) in [6.45, 7) is 1.89. The average Bonchev–Trinajstić information content (AvgIpc) is 3.56. The molecule has 0 radical (unpaired) electrons. The summed E-state index contributed by atoms with van der Waals surface area (Å²) in [5.41, 5.74) is 2.61. The van der Waals surface area contributed by atoms with Crippen LogP contribution in [0.3, 0.4) is 0 Å². The molecule has 242 valence electrons. The number of aromatic nitrogens is 1. The summed E-state index contributed by atoms with van der Waals surface area (Å²) in [4.78, 5) is 55.5. The number of carbonyl (C=O) groups is 3. The van der Waals surface area contributed by atoms with Gasteiger partial charge in [-0.1, -0.05) is 67.1 Å². The van der Waals surface area contributed by atoms with Gasteiger partial charge in [0.1, 0.15) is 5.70 Å². The van der Waals surface area contributed by atoms with Crippen LogP contribution in [-0.2, 0) is 9.59 Å². The first-order chi connectivity index (χ1) is 23.2. The van der Waals surface area contributed by atoms with Crippen LogP contribution in [0.5, 0.6) is 0 Å². The van der Waals surface area contributed by atoms with E-state index >= 15 is 0 Å². The molecule has 0 aliphatic carbocycles. The van der Waals surface area contributed by atoms with Gasteiger partial charge in [0.25, 0.3) is 17.5 Å². The Labute approximate surface area is 289 Å². The van der Waals surface area contributed by atoms with Gasteiger partial charge in [-0.05, 0) is 60.5 Å². The fraction of sp³-hybridized carbons (Fsp3) is 0.0857. The molecule has 13 heteroatoms. The number of halogens is 1. The molecule has 3 N–H and O–H groups in total. The molecule has 3 amide bonds. The molecule has 5 aromatic rings. The highest BCUT2D eigenvalue weighted by Crippen LogP contribution is 2.31. The first kappa shape index (κ1) is 34.0. The number of thioether (sulfide) groups is 1. The van der Waals surface area contributed by atoms with E-state index in [1.54, 1.807) is 96.4 Å². The highest BCUT2D eigenvalue weighted by atomic mass is 35.5. The maximum absolute atomic E-state index is 13.5. The van der Waals surface area contributed by atoms with Crippen LogP contribution in [0.4, 0.5) is 16.5 Å². The van der Waals surface area contributed by atoms with E-state index in [4.69, 9.17) is 11.6 Å². The number of carbonyl (C=O) groups excluding carboxylic acids is 3. The Morgan fingerprint density at radius 3 is 2.44 bits per heavy atom. The summed E-state index contributed by atoms with van der Waals surface area (Å²) >= 11 is 8.58. The van der Waals surface area contributed by atoms with E-state index in [0.717, 1.165) is 4.90 Å². The van der Waals surface area contributed by atoms with Gasteiger partial charge in [0.15, 0.2) is 5.13 Å². The summed E-state index contributed by atoms with van der Waals surface area (Å²) in [6.07, 6.45) is 2.07. The molecule has 0 aliphatic rings. The number of nitro groups is 1. The Morgan fingerprint density at radius 1 is 0.958 bits per heavy atom. The molecule has 0 saturated heterocycles. The first-order valence-corrected chi connectivity index (χ1v) is 16.7. The van der Waals surface area contributed by atoms with E-state index < -0.39 is 22.0 Å². The third kappa shape index (κ3) is 9.16. The normalized spacial score (nSPS) is 11.8. The van der Waals surface area contributed by atoms with Gasteiger partial charge < -0.3 is 16.0 Å². The summed E-state index contributed by atoms with van der Waals surface area (Å²) < 4.78 is 0. The summed E-state index contributed by atoms with van der Waals surface area (Å²) in [5.74, 6) is -1.23. The third-order valence-corrected chi connectivity index (χ3v) is 9.20. The summed E-state index contributed by atoms with van der Waals surface area (Å²) in [6, 6.07) is 28.6. The quantitative estimate of drug-likeness (QED) is 0.0515. The van der Waals surface area contributed by atoms with Gasteiger partial charge in [-0.3, -0.25) is 24.5 Å². The van der Waals surface area contributed by atoms with Crippen LogP contribution in [-0.4, -0.2) is 32.9 Å². The van der Waals surface area contributed by atoms with Gasteiger partial charge >= 0.3 is 0 Å². The van der Waals surface area contributed by atoms with Crippen molar-refractivity contribution in [1.29, 1.82) is 0 Å². The van der Waals surface area contributed by atoms with Crippen molar-refractivity contribution in [3.05, 3.63) is 140 Å². The number of amides is 3. The molecule has 10 nitrogen and oxygen atoms in total. The minimum Gasteiger partial charge on any atom is -0.321 e. The van der Waals surface area contributed by atoms with E-state index in [0.29, 0.717) is 44.6 Å². The van der Waals surface area contributed by atoms with E-state index in [-0.39, 0.29) is 17.3 Å². The SMILES string of the molecule is CCC(Sc1cccc(NC(=O)/C(=C/c2ccc(Cl)cc2)NC(=O)c2ccccc2)c1)C(=O)Nc1nc(-c2cccc([N+](=O)[O-])c2)cs1. The Hall–Kier alpha value is -5.30. The van der Waals surface area contributed by atoms with Crippen molar-refractivity contribution in [2.75, 3.05) is 10.6 Å².